The third-order valence-corrected chi connectivity index (χ3v) is 4.81. The number of benzene rings is 1. The normalized spacial score (nSPS) is 12.0. The maximum atomic E-state index is 14.6. The molecular formula is C23H16F2N4O2. The van der Waals surface area contributed by atoms with E-state index < -0.39 is 34.8 Å². The fourth-order valence-electron chi connectivity index (χ4n) is 2.98. The number of rotatable bonds is 3. The Balaban J connectivity index is 2.07. The maximum Gasteiger partial charge on any atom is 0.256 e. The number of hydrogen-bond donors (Lipinski definition) is 2. The molecule has 0 fully saturated rings. The molecule has 3 aromatic rings. The Hall–Kier alpha value is -4.19. The van der Waals surface area contributed by atoms with Crippen LogP contribution in [0.1, 0.15) is 34.5 Å². The van der Waals surface area contributed by atoms with Crippen LogP contribution in [-0.4, -0.2) is 19.9 Å². The van der Waals surface area contributed by atoms with Crippen molar-refractivity contribution >= 4 is 0 Å². The average Bonchev–Trinajstić information content (AvgIpc) is 3.21. The molecule has 1 aromatic carbocycles. The van der Waals surface area contributed by atoms with E-state index in [9.17, 15) is 18.7 Å². The molecular weight excluding hydrogens is 402 g/mol. The Morgan fingerprint density at radius 2 is 2.00 bits per heavy atom. The molecule has 0 bridgehead atoms. The van der Waals surface area contributed by atoms with Crippen LogP contribution in [0.4, 0.5) is 8.78 Å². The van der Waals surface area contributed by atoms with Crippen molar-refractivity contribution in [1.29, 1.82) is 5.26 Å². The summed E-state index contributed by atoms with van der Waals surface area (Å²) >= 11 is 0. The van der Waals surface area contributed by atoms with Gasteiger partial charge in [0.05, 0.1) is 11.1 Å². The SMILES string of the molecule is Cc1ccc(C(O)(CC#CC#Cc2c[nH]nc2C#N)c2cc(F)ccc2F)c(=O)n1C. The second-order valence-corrected chi connectivity index (χ2v) is 6.72. The standard InChI is InChI=1S/C23H16F2N4O2/c1-15-7-9-18(22(30)29(15)2)23(31,19-12-17(24)8-10-20(19)25)11-5-3-4-6-16-14-27-28-21(16)13-26/h7-10,12,14,31H,11H2,1-2H3,(H,27,28). The van der Waals surface area contributed by atoms with Crippen LogP contribution in [0.2, 0.25) is 0 Å². The summed E-state index contributed by atoms with van der Waals surface area (Å²) < 4.78 is 29.7. The van der Waals surface area contributed by atoms with E-state index >= 15 is 0 Å². The lowest BCUT2D eigenvalue weighted by molar-refractivity contribution is 0.0800. The van der Waals surface area contributed by atoms with Crippen molar-refractivity contribution in [2.24, 2.45) is 7.05 Å². The summed E-state index contributed by atoms with van der Waals surface area (Å²) in [6.07, 6.45) is 1.01. The van der Waals surface area contributed by atoms with E-state index in [1.54, 1.807) is 13.0 Å². The number of aromatic nitrogens is 3. The van der Waals surface area contributed by atoms with E-state index in [1.165, 1.54) is 23.9 Å². The summed E-state index contributed by atoms with van der Waals surface area (Å²) in [7, 11) is 1.51. The molecule has 6 nitrogen and oxygen atoms in total. The number of nitrogens with one attached hydrogen (secondary N) is 1. The summed E-state index contributed by atoms with van der Waals surface area (Å²) in [5.74, 6) is 8.61. The van der Waals surface area contributed by atoms with Gasteiger partial charge in [-0.3, -0.25) is 9.89 Å². The van der Waals surface area contributed by atoms with Crippen LogP contribution >= 0.6 is 0 Å². The lowest BCUT2D eigenvalue weighted by Gasteiger charge is -2.27. The highest BCUT2D eigenvalue weighted by molar-refractivity contribution is 5.46. The molecule has 3 rings (SSSR count). The molecule has 31 heavy (non-hydrogen) atoms. The zero-order valence-corrected chi connectivity index (χ0v) is 16.6. The predicted octanol–water partition coefficient (Wildman–Crippen LogP) is 2.25. The first-order valence-electron chi connectivity index (χ1n) is 9.05. The first-order valence-corrected chi connectivity index (χ1v) is 9.05. The predicted molar refractivity (Wildman–Crippen MR) is 108 cm³/mol. The monoisotopic (exact) mass is 418 g/mol. The molecule has 2 aromatic heterocycles. The average molecular weight is 418 g/mol. The summed E-state index contributed by atoms with van der Waals surface area (Å²) in [5.41, 5.74) is -2.24. The van der Waals surface area contributed by atoms with Crippen LogP contribution in [0.5, 0.6) is 0 Å². The summed E-state index contributed by atoms with van der Waals surface area (Å²) in [6.45, 7) is 1.70. The van der Waals surface area contributed by atoms with Gasteiger partial charge >= 0.3 is 0 Å². The molecule has 0 aliphatic rings. The number of pyridine rings is 1. The van der Waals surface area contributed by atoms with Gasteiger partial charge in [-0.25, -0.2) is 8.78 Å². The number of H-pyrrole nitrogens is 1. The van der Waals surface area contributed by atoms with Gasteiger partial charge in [-0.15, -0.1) is 0 Å². The van der Waals surface area contributed by atoms with E-state index in [-0.39, 0.29) is 11.3 Å². The fraction of sp³-hybridized carbons (Fsp3) is 0.174. The van der Waals surface area contributed by atoms with Crippen LogP contribution in [-0.2, 0) is 12.6 Å². The molecule has 0 radical (unpaired) electrons. The van der Waals surface area contributed by atoms with Gasteiger partial charge < -0.3 is 9.67 Å². The van der Waals surface area contributed by atoms with Gasteiger partial charge in [0.25, 0.3) is 5.56 Å². The number of nitrogens with zero attached hydrogens (tertiary/aromatic N) is 3. The van der Waals surface area contributed by atoms with Crippen molar-refractivity contribution in [3.8, 4) is 29.8 Å². The van der Waals surface area contributed by atoms with Crippen molar-refractivity contribution < 1.29 is 13.9 Å². The highest BCUT2D eigenvalue weighted by Gasteiger charge is 2.36. The van der Waals surface area contributed by atoms with Crippen LogP contribution < -0.4 is 5.56 Å². The van der Waals surface area contributed by atoms with Gasteiger partial charge in [0.1, 0.15) is 23.3 Å². The molecule has 0 aliphatic carbocycles. The lowest BCUT2D eigenvalue weighted by Crippen LogP contribution is -2.37. The second kappa shape index (κ2) is 8.67. The Morgan fingerprint density at radius 3 is 2.74 bits per heavy atom. The van der Waals surface area contributed by atoms with E-state index in [0.717, 1.165) is 18.2 Å². The van der Waals surface area contributed by atoms with E-state index in [1.807, 2.05) is 6.07 Å². The molecule has 1 atom stereocenters. The van der Waals surface area contributed by atoms with Gasteiger partial charge in [0.15, 0.2) is 5.69 Å². The molecule has 1 unspecified atom stereocenters. The third kappa shape index (κ3) is 4.23. The second-order valence-electron chi connectivity index (χ2n) is 6.72. The highest BCUT2D eigenvalue weighted by atomic mass is 19.1. The van der Waals surface area contributed by atoms with Crippen molar-refractivity contribution in [3.05, 3.63) is 86.6 Å². The molecule has 2 heterocycles. The highest BCUT2D eigenvalue weighted by Crippen LogP contribution is 2.33. The smallest absolute Gasteiger partial charge is 0.256 e. The zero-order valence-electron chi connectivity index (χ0n) is 16.6. The van der Waals surface area contributed by atoms with Gasteiger partial charge in [0.2, 0.25) is 0 Å². The van der Waals surface area contributed by atoms with E-state index in [0.29, 0.717) is 11.3 Å². The molecule has 0 aliphatic heterocycles. The quantitative estimate of drug-likeness (QED) is 0.638. The van der Waals surface area contributed by atoms with Gasteiger partial charge in [-0.1, -0.05) is 5.92 Å². The Labute approximate surface area is 176 Å². The van der Waals surface area contributed by atoms with Gasteiger partial charge in [-0.05, 0) is 55.0 Å². The number of hydrogen-bond acceptors (Lipinski definition) is 4. The number of halogens is 2. The Kier molecular flexibility index (Phi) is 6.02. The minimum Gasteiger partial charge on any atom is -0.379 e. The molecule has 2 N–H and O–H groups in total. The molecule has 0 spiro atoms. The fourth-order valence-corrected chi connectivity index (χ4v) is 2.98. The topological polar surface area (TPSA) is 94.7 Å². The zero-order chi connectivity index (χ0) is 22.6. The number of aliphatic hydroxyl groups is 1. The summed E-state index contributed by atoms with van der Waals surface area (Å²) in [4.78, 5) is 12.8. The Morgan fingerprint density at radius 1 is 1.23 bits per heavy atom. The van der Waals surface area contributed by atoms with E-state index in [2.05, 4.69) is 33.9 Å². The van der Waals surface area contributed by atoms with Crippen LogP contribution in [0.3, 0.4) is 0 Å². The first-order chi connectivity index (χ1) is 14.8. The van der Waals surface area contributed by atoms with Gasteiger partial charge in [-0.2, -0.15) is 10.4 Å². The van der Waals surface area contributed by atoms with Crippen LogP contribution in [0.25, 0.3) is 0 Å². The van der Waals surface area contributed by atoms with Crippen molar-refractivity contribution in [2.75, 3.05) is 0 Å². The largest absolute Gasteiger partial charge is 0.379 e. The lowest BCUT2D eigenvalue weighted by atomic mass is 9.83. The number of nitriles is 1. The molecule has 0 saturated carbocycles. The third-order valence-electron chi connectivity index (χ3n) is 4.81. The minimum atomic E-state index is -2.21. The Bertz CT molecular complexity index is 1380. The summed E-state index contributed by atoms with van der Waals surface area (Å²) in [5, 5.41) is 26.5. The van der Waals surface area contributed by atoms with Crippen LogP contribution in [0.15, 0.2) is 41.3 Å². The van der Waals surface area contributed by atoms with Crippen molar-refractivity contribution in [2.45, 2.75) is 18.9 Å². The maximum absolute atomic E-state index is 14.6. The van der Waals surface area contributed by atoms with Crippen molar-refractivity contribution in [1.82, 2.24) is 14.8 Å². The van der Waals surface area contributed by atoms with E-state index in [4.69, 9.17) is 5.26 Å². The number of aryl methyl sites for hydroxylation is 1. The molecule has 154 valence electrons. The summed E-state index contributed by atoms with van der Waals surface area (Å²) in [6, 6.07) is 7.47. The van der Waals surface area contributed by atoms with Crippen LogP contribution in [0, 0.1) is 53.6 Å². The van der Waals surface area contributed by atoms with Gasteiger partial charge in [0, 0.05) is 30.9 Å². The molecule has 0 amide bonds. The molecule has 8 heteroatoms. The first kappa shape index (κ1) is 21.5. The van der Waals surface area contributed by atoms with Crippen molar-refractivity contribution in [3.63, 3.8) is 0 Å². The minimum absolute atomic E-state index is 0.107. The molecule has 0 saturated heterocycles. The number of aromatic amines is 1.